The summed E-state index contributed by atoms with van der Waals surface area (Å²) in [4.78, 5) is 24.3. The van der Waals surface area contributed by atoms with Crippen LogP contribution in [0.15, 0.2) is 30.6 Å². The average molecular weight is 398 g/mol. The lowest BCUT2D eigenvalue weighted by molar-refractivity contribution is 0.0759. The summed E-state index contributed by atoms with van der Waals surface area (Å²) in [7, 11) is 1.71. The topological polar surface area (TPSA) is 129 Å². The standard InChI is InChI=1S/C19H19FN6O3/c1-9(28)14(8-27)24-19(29)12-6-21-18-17(12)23-13(7-22-18)16-11-4-3-10(20)5-15(11)26(2)25-16/h3-7,9,14,27-28H,8H2,1-2H3,(H,21,22)(H,24,29)/t9-,14-/m1/s1. The van der Waals surface area contributed by atoms with Crippen molar-refractivity contribution < 1.29 is 19.4 Å². The fraction of sp³-hybridized carbons (Fsp3) is 0.263. The van der Waals surface area contributed by atoms with Crippen LogP contribution < -0.4 is 5.32 Å². The van der Waals surface area contributed by atoms with Crippen molar-refractivity contribution in [3.8, 4) is 11.4 Å². The molecule has 0 aliphatic carbocycles. The SMILES string of the molecule is C[C@@H](O)[C@@H](CO)NC(=O)c1c[nH]c2ncc(-c3nn(C)c4cc(F)ccc34)nc12. The van der Waals surface area contributed by atoms with Crippen molar-refractivity contribution in [3.63, 3.8) is 0 Å². The first-order chi connectivity index (χ1) is 13.9. The van der Waals surface area contributed by atoms with Crippen molar-refractivity contribution in [2.24, 2.45) is 7.05 Å². The summed E-state index contributed by atoms with van der Waals surface area (Å²) < 4.78 is 15.1. The Morgan fingerprint density at radius 1 is 1.41 bits per heavy atom. The Morgan fingerprint density at radius 3 is 2.93 bits per heavy atom. The third-order valence-electron chi connectivity index (χ3n) is 4.78. The number of hydrogen-bond acceptors (Lipinski definition) is 6. The molecular formula is C19H19FN6O3. The third-order valence-corrected chi connectivity index (χ3v) is 4.78. The van der Waals surface area contributed by atoms with E-state index in [4.69, 9.17) is 0 Å². The third kappa shape index (κ3) is 3.32. The molecule has 1 amide bonds. The lowest BCUT2D eigenvalue weighted by atomic mass is 10.1. The Morgan fingerprint density at radius 2 is 2.21 bits per heavy atom. The van der Waals surface area contributed by atoms with E-state index in [1.165, 1.54) is 31.5 Å². The van der Waals surface area contributed by atoms with Gasteiger partial charge in [-0.25, -0.2) is 14.4 Å². The quantitative estimate of drug-likeness (QED) is 0.399. The summed E-state index contributed by atoms with van der Waals surface area (Å²) in [5.74, 6) is -0.870. The van der Waals surface area contributed by atoms with E-state index in [1.807, 2.05) is 0 Å². The summed E-state index contributed by atoms with van der Waals surface area (Å²) in [6.45, 7) is 1.07. The molecule has 0 unspecified atom stereocenters. The minimum Gasteiger partial charge on any atom is -0.394 e. The molecule has 3 heterocycles. The van der Waals surface area contributed by atoms with Gasteiger partial charge in [0.15, 0.2) is 5.65 Å². The van der Waals surface area contributed by atoms with Crippen LogP contribution in [0.25, 0.3) is 33.5 Å². The lowest BCUT2D eigenvalue weighted by Gasteiger charge is -2.18. The van der Waals surface area contributed by atoms with Gasteiger partial charge in [0.1, 0.15) is 22.7 Å². The zero-order valence-electron chi connectivity index (χ0n) is 15.7. The fourth-order valence-electron chi connectivity index (χ4n) is 3.16. The van der Waals surface area contributed by atoms with Crippen molar-refractivity contribution in [1.29, 1.82) is 0 Å². The number of halogens is 1. The number of aliphatic hydroxyl groups excluding tert-OH is 2. The minimum atomic E-state index is -0.920. The molecule has 0 aliphatic heterocycles. The lowest BCUT2D eigenvalue weighted by Crippen LogP contribution is -2.44. The first-order valence-corrected chi connectivity index (χ1v) is 8.95. The highest BCUT2D eigenvalue weighted by molar-refractivity contribution is 6.05. The van der Waals surface area contributed by atoms with Crippen molar-refractivity contribution in [2.75, 3.05) is 6.61 Å². The Kier molecular flexibility index (Phi) is 4.73. The monoisotopic (exact) mass is 398 g/mol. The van der Waals surface area contributed by atoms with Crippen LogP contribution in [0.1, 0.15) is 17.3 Å². The second kappa shape index (κ2) is 7.22. The summed E-state index contributed by atoms with van der Waals surface area (Å²) in [5.41, 5.74) is 2.50. The Bertz CT molecular complexity index is 1220. The number of rotatable bonds is 5. The zero-order chi connectivity index (χ0) is 20.7. The first-order valence-electron chi connectivity index (χ1n) is 8.95. The molecule has 150 valence electrons. The van der Waals surface area contributed by atoms with Gasteiger partial charge in [-0.1, -0.05) is 0 Å². The molecule has 10 heteroatoms. The van der Waals surface area contributed by atoms with Crippen LogP contribution in [0.3, 0.4) is 0 Å². The van der Waals surface area contributed by atoms with Crippen LogP contribution >= 0.6 is 0 Å². The van der Waals surface area contributed by atoms with Gasteiger partial charge in [-0.15, -0.1) is 0 Å². The molecule has 0 saturated heterocycles. The van der Waals surface area contributed by atoms with Gasteiger partial charge in [0.05, 0.1) is 36.0 Å². The number of amides is 1. The molecule has 29 heavy (non-hydrogen) atoms. The molecule has 0 saturated carbocycles. The maximum absolute atomic E-state index is 13.6. The predicted molar refractivity (Wildman–Crippen MR) is 104 cm³/mol. The summed E-state index contributed by atoms with van der Waals surface area (Å²) in [6.07, 6.45) is 2.07. The van der Waals surface area contributed by atoms with Gasteiger partial charge >= 0.3 is 0 Å². The number of fused-ring (bicyclic) bond motifs is 2. The van der Waals surface area contributed by atoms with Crippen molar-refractivity contribution in [3.05, 3.63) is 42.0 Å². The molecular weight excluding hydrogens is 379 g/mol. The molecule has 4 N–H and O–H groups in total. The summed E-state index contributed by atoms with van der Waals surface area (Å²) >= 11 is 0. The number of nitrogens with zero attached hydrogens (tertiary/aromatic N) is 4. The number of aliphatic hydroxyl groups is 2. The van der Waals surface area contributed by atoms with E-state index < -0.39 is 24.7 Å². The molecule has 0 spiro atoms. The van der Waals surface area contributed by atoms with E-state index in [9.17, 15) is 19.4 Å². The molecule has 4 aromatic rings. The number of hydrogen-bond donors (Lipinski definition) is 4. The van der Waals surface area contributed by atoms with Crippen molar-refractivity contribution >= 4 is 28.0 Å². The van der Waals surface area contributed by atoms with Gasteiger partial charge in [-0.3, -0.25) is 9.48 Å². The van der Waals surface area contributed by atoms with Crippen LogP contribution in [-0.2, 0) is 7.05 Å². The number of aryl methyl sites for hydroxylation is 1. The smallest absolute Gasteiger partial charge is 0.255 e. The number of H-pyrrole nitrogens is 1. The van der Waals surface area contributed by atoms with Gasteiger partial charge in [0, 0.05) is 18.6 Å². The maximum Gasteiger partial charge on any atom is 0.255 e. The molecule has 9 nitrogen and oxygen atoms in total. The number of aromatic amines is 1. The number of nitrogens with one attached hydrogen (secondary N) is 2. The van der Waals surface area contributed by atoms with Crippen LogP contribution in [0.4, 0.5) is 4.39 Å². The van der Waals surface area contributed by atoms with Crippen LogP contribution in [0.5, 0.6) is 0 Å². The summed E-state index contributed by atoms with van der Waals surface area (Å²) in [6, 6.07) is 3.55. The Hall–Kier alpha value is -3.37. The number of carbonyl (C=O) groups is 1. The number of benzene rings is 1. The van der Waals surface area contributed by atoms with Gasteiger partial charge < -0.3 is 20.5 Å². The zero-order valence-corrected chi connectivity index (χ0v) is 15.7. The molecule has 1 aromatic carbocycles. The second-order valence-electron chi connectivity index (χ2n) is 6.79. The largest absolute Gasteiger partial charge is 0.394 e. The number of carbonyl (C=O) groups excluding carboxylic acids is 1. The highest BCUT2D eigenvalue weighted by atomic mass is 19.1. The van der Waals surface area contributed by atoms with E-state index >= 15 is 0 Å². The Labute approximate surface area is 164 Å². The van der Waals surface area contributed by atoms with E-state index in [2.05, 4.69) is 25.4 Å². The van der Waals surface area contributed by atoms with E-state index in [1.54, 1.807) is 17.8 Å². The fourth-order valence-corrected chi connectivity index (χ4v) is 3.16. The molecule has 0 bridgehead atoms. The Balaban J connectivity index is 1.77. The molecule has 0 radical (unpaired) electrons. The predicted octanol–water partition coefficient (Wildman–Crippen LogP) is 1.12. The normalized spacial score (nSPS) is 13.7. The van der Waals surface area contributed by atoms with E-state index in [-0.39, 0.29) is 11.4 Å². The maximum atomic E-state index is 13.6. The molecule has 3 aromatic heterocycles. The van der Waals surface area contributed by atoms with Crippen LogP contribution in [0.2, 0.25) is 0 Å². The first kappa shape index (κ1) is 19.0. The van der Waals surface area contributed by atoms with E-state index in [0.717, 1.165) is 0 Å². The molecule has 2 atom stereocenters. The average Bonchev–Trinajstić information content (AvgIpc) is 3.26. The highest BCUT2D eigenvalue weighted by Crippen LogP contribution is 2.28. The van der Waals surface area contributed by atoms with Gasteiger partial charge in [0.25, 0.3) is 5.91 Å². The van der Waals surface area contributed by atoms with Crippen molar-refractivity contribution in [2.45, 2.75) is 19.1 Å². The summed E-state index contributed by atoms with van der Waals surface area (Å²) in [5, 5.41) is 26.7. The second-order valence-corrected chi connectivity index (χ2v) is 6.79. The minimum absolute atomic E-state index is 0.222. The van der Waals surface area contributed by atoms with Gasteiger partial charge in [-0.2, -0.15) is 5.10 Å². The highest BCUT2D eigenvalue weighted by Gasteiger charge is 2.22. The van der Waals surface area contributed by atoms with Crippen LogP contribution in [-0.4, -0.2) is 59.6 Å². The van der Waals surface area contributed by atoms with Crippen LogP contribution in [0, 0.1) is 5.82 Å². The molecule has 4 rings (SSSR count). The van der Waals surface area contributed by atoms with Gasteiger partial charge in [-0.05, 0) is 25.1 Å². The van der Waals surface area contributed by atoms with Gasteiger partial charge in [0.2, 0.25) is 0 Å². The van der Waals surface area contributed by atoms with E-state index in [0.29, 0.717) is 33.5 Å². The number of aromatic nitrogens is 5. The molecule has 0 aliphatic rings. The van der Waals surface area contributed by atoms with Crippen molar-refractivity contribution in [1.82, 2.24) is 30.0 Å². The molecule has 0 fully saturated rings.